The second kappa shape index (κ2) is 4.62. The number of nitrogens with one attached hydrogen (secondary N) is 1. The topological polar surface area (TPSA) is 38.3 Å². The summed E-state index contributed by atoms with van der Waals surface area (Å²) in [5, 5.41) is 0. The lowest BCUT2D eigenvalue weighted by molar-refractivity contribution is -0.125. The molecule has 0 aliphatic carbocycles. The monoisotopic (exact) mass is 179 g/mol. The van der Waals surface area contributed by atoms with Crippen LogP contribution in [0.2, 0.25) is 0 Å². The van der Waals surface area contributed by atoms with Crippen LogP contribution in [0.25, 0.3) is 0 Å². The number of anilines is 1. The minimum atomic E-state index is -0.416. The number of Topliss-reactive ketones (excluding diaryl/α,β-unsaturated/α-hetero) is 1. The molecule has 1 N–H and O–H groups in total. The van der Waals surface area contributed by atoms with Crippen molar-refractivity contribution >= 4 is 11.5 Å². The van der Waals surface area contributed by atoms with Crippen molar-refractivity contribution in [3.8, 4) is 0 Å². The molecule has 70 valence electrons. The highest BCUT2D eigenvalue weighted by Gasteiger charge is 2.06. The van der Waals surface area contributed by atoms with Crippen molar-refractivity contribution in [3.63, 3.8) is 0 Å². The number of carbonyl (C=O) groups is 1. The summed E-state index contributed by atoms with van der Waals surface area (Å²) < 4.78 is 0. The summed E-state index contributed by atoms with van der Waals surface area (Å²) in [6.07, 6.45) is -0.416. The Balaban J connectivity index is 2.39. The van der Waals surface area contributed by atoms with Crippen LogP contribution in [0.3, 0.4) is 0 Å². The molecule has 0 aliphatic rings. The van der Waals surface area contributed by atoms with Crippen LogP contribution in [0.5, 0.6) is 0 Å². The molecule has 0 amide bonds. The van der Waals surface area contributed by atoms with E-state index in [-0.39, 0.29) is 5.78 Å². The summed E-state index contributed by atoms with van der Waals surface area (Å²) in [7, 11) is 0. The Morgan fingerprint density at radius 1 is 1.38 bits per heavy atom. The largest absolute Gasteiger partial charge is 0.297 e. The van der Waals surface area contributed by atoms with E-state index in [9.17, 15) is 4.79 Å². The van der Waals surface area contributed by atoms with Gasteiger partial charge in [-0.1, -0.05) is 18.2 Å². The van der Waals surface area contributed by atoms with E-state index in [1.165, 1.54) is 6.92 Å². The Labute approximate surface area is 77.7 Å². The Morgan fingerprint density at radius 2 is 2.00 bits per heavy atom. The highest BCUT2D eigenvalue weighted by molar-refractivity contribution is 5.80. The summed E-state index contributed by atoms with van der Waals surface area (Å²) in [6, 6.07) is 9.44. The number of hydrogen-bond donors (Lipinski definition) is 1. The summed E-state index contributed by atoms with van der Waals surface area (Å²) >= 11 is 0. The predicted octanol–water partition coefficient (Wildman–Crippen LogP) is 2.01. The fourth-order valence-electron chi connectivity index (χ4n) is 0.746. The van der Waals surface area contributed by atoms with E-state index in [0.29, 0.717) is 0 Å². The molecule has 0 radical (unpaired) electrons. The van der Waals surface area contributed by atoms with E-state index in [1.54, 1.807) is 6.92 Å². The first kappa shape index (κ1) is 9.74. The number of hydrogen-bond acceptors (Lipinski definition) is 3. The van der Waals surface area contributed by atoms with Gasteiger partial charge in [0, 0.05) is 0 Å². The van der Waals surface area contributed by atoms with Gasteiger partial charge in [0.15, 0.2) is 5.78 Å². The van der Waals surface area contributed by atoms with Gasteiger partial charge < -0.3 is 0 Å². The van der Waals surface area contributed by atoms with Gasteiger partial charge in [-0.05, 0) is 26.0 Å². The maximum atomic E-state index is 10.8. The zero-order valence-corrected chi connectivity index (χ0v) is 7.78. The maximum Gasteiger partial charge on any atom is 0.160 e. The first-order chi connectivity index (χ1) is 6.20. The smallest absolute Gasteiger partial charge is 0.160 e. The molecular formula is C10H13NO2. The van der Waals surface area contributed by atoms with Gasteiger partial charge in [0.25, 0.3) is 0 Å². The molecule has 3 heteroatoms. The van der Waals surface area contributed by atoms with Gasteiger partial charge in [-0.3, -0.25) is 15.1 Å². The quantitative estimate of drug-likeness (QED) is 0.718. The van der Waals surface area contributed by atoms with Crippen molar-refractivity contribution in [2.24, 2.45) is 0 Å². The Bertz CT molecular complexity index is 272. The molecule has 0 unspecified atom stereocenters. The molecule has 0 spiro atoms. The van der Waals surface area contributed by atoms with Crippen LogP contribution in [0, 0.1) is 0 Å². The molecule has 13 heavy (non-hydrogen) atoms. The van der Waals surface area contributed by atoms with E-state index in [1.807, 2.05) is 30.3 Å². The van der Waals surface area contributed by atoms with Crippen LogP contribution in [0.1, 0.15) is 13.8 Å². The van der Waals surface area contributed by atoms with Crippen molar-refractivity contribution < 1.29 is 9.63 Å². The van der Waals surface area contributed by atoms with Gasteiger partial charge in [0.1, 0.15) is 6.10 Å². The second-order valence-electron chi connectivity index (χ2n) is 2.84. The molecule has 0 bridgehead atoms. The molecule has 1 aromatic rings. The standard InChI is InChI=1S/C10H13NO2/c1-8(12)9(2)13-11-10-6-4-3-5-7-10/h3-7,9,11H,1-2H3/t9-/m0/s1. The van der Waals surface area contributed by atoms with E-state index < -0.39 is 6.10 Å². The molecule has 0 saturated carbocycles. The minimum Gasteiger partial charge on any atom is -0.297 e. The fraction of sp³-hybridized carbons (Fsp3) is 0.300. The molecular weight excluding hydrogens is 166 g/mol. The lowest BCUT2D eigenvalue weighted by atomic mass is 10.3. The Hall–Kier alpha value is -1.35. The van der Waals surface area contributed by atoms with Crippen LogP contribution >= 0.6 is 0 Å². The summed E-state index contributed by atoms with van der Waals surface area (Å²) in [4.78, 5) is 15.9. The third-order valence-electron chi connectivity index (χ3n) is 1.70. The SMILES string of the molecule is CC(=O)[C@H](C)ONc1ccccc1. The van der Waals surface area contributed by atoms with Crippen LogP contribution in [-0.2, 0) is 9.63 Å². The van der Waals surface area contributed by atoms with E-state index >= 15 is 0 Å². The molecule has 1 rings (SSSR count). The third-order valence-corrected chi connectivity index (χ3v) is 1.70. The highest BCUT2D eigenvalue weighted by Crippen LogP contribution is 2.05. The highest BCUT2D eigenvalue weighted by atomic mass is 16.7. The number of ketones is 1. The third kappa shape index (κ3) is 3.25. The number of benzene rings is 1. The van der Waals surface area contributed by atoms with Gasteiger partial charge in [0.05, 0.1) is 5.69 Å². The van der Waals surface area contributed by atoms with Crippen molar-refractivity contribution in [3.05, 3.63) is 30.3 Å². The minimum absolute atomic E-state index is 0.00318. The van der Waals surface area contributed by atoms with E-state index in [2.05, 4.69) is 5.48 Å². The van der Waals surface area contributed by atoms with Crippen LogP contribution in [0.15, 0.2) is 30.3 Å². The van der Waals surface area contributed by atoms with Crippen molar-refractivity contribution in [1.82, 2.24) is 0 Å². The lowest BCUT2D eigenvalue weighted by Crippen LogP contribution is -2.20. The zero-order valence-electron chi connectivity index (χ0n) is 7.78. The summed E-state index contributed by atoms with van der Waals surface area (Å²) in [5.74, 6) is 0.00318. The second-order valence-corrected chi connectivity index (χ2v) is 2.84. The average Bonchev–Trinajstić information content (AvgIpc) is 2.15. The maximum absolute atomic E-state index is 10.8. The number of carbonyl (C=O) groups excluding carboxylic acids is 1. The molecule has 1 aromatic carbocycles. The summed E-state index contributed by atoms with van der Waals surface area (Å²) in [5.41, 5.74) is 3.55. The van der Waals surface area contributed by atoms with Crippen LogP contribution in [-0.4, -0.2) is 11.9 Å². The predicted molar refractivity (Wildman–Crippen MR) is 51.3 cm³/mol. The van der Waals surface area contributed by atoms with Gasteiger partial charge in [-0.15, -0.1) is 0 Å². The van der Waals surface area contributed by atoms with Crippen LogP contribution in [0.4, 0.5) is 5.69 Å². The molecule has 0 saturated heterocycles. The van der Waals surface area contributed by atoms with E-state index in [4.69, 9.17) is 4.84 Å². The average molecular weight is 179 g/mol. The van der Waals surface area contributed by atoms with Gasteiger partial charge in [-0.25, -0.2) is 0 Å². The van der Waals surface area contributed by atoms with E-state index in [0.717, 1.165) is 5.69 Å². The molecule has 0 heterocycles. The van der Waals surface area contributed by atoms with Crippen molar-refractivity contribution in [1.29, 1.82) is 0 Å². The van der Waals surface area contributed by atoms with Crippen molar-refractivity contribution in [2.75, 3.05) is 5.48 Å². The van der Waals surface area contributed by atoms with Gasteiger partial charge in [0.2, 0.25) is 0 Å². The Kier molecular flexibility index (Phi) is 3.46. The molecule has 0 fully saturated rings. The zero-order chi connectivity index (χ0) is 9.68. The van der Waals surface area contributed by atoms with Crippen LogP contribution < -0.4 is 5.48 Å². The normalized spacial score (nSPS) is 12.2. The first-order valence-corrected chi connectivity index (χ1v) is 4.17. The lowest BCUT2D eigenvalue weighted by Gasteiger charge is -2.10. The molecule has 0 aliphatic heterocycles. The summed E-state index contributed by atoms with van der Waals surface area (Å²) in [6.45, 7) is 3.20. The fourth-order valence-corrected chi connectivity index (χ4v) is 0.746. The van der Waals surface area contributed by atoms with Gasteiger partial charge in [-0.2, -0.15) is 0 Å². The molecule has 0 aromatic heterocycles. The number of para-hydroxylation sites is 1. The van der Waals surface area contributed by atoms with Crippen molar-refractivity contribution in [2.45, 2.75) is 20.0 Å². The Morgan fingerprint density at radius 3 is 2.54 bits per heavy atom. The number of rotatable bonds is 4. The first-order valence-electron chi connectivity index (χ1n) is 4.17. The molecule has 1 atom stereocenters. The van der Waals surface area contributed by atoms with Gasteiger partial charge >= 0.3 is 0 Å². The molecule has 3 nitrogen and oxygen atoms in total.